The average Bonchev–Trinajstić information content (AvgIpc) is 3.12. The van der Waals surface area contributed by atoms with Crippen LogP contribution in [0.25, 0.3) is 11.4 Å². The van der Waals surface area contributed by atoms with Crippen molar-refractivity contribution in [2.45, 2.75) is 19.9 Å². The number of aryl methyl sites for hydroxylation is 1. The van der Waals surface area contributed by atoms with Gasteiger partial charge in [-0.05, 0) is 41.8 Å². The molecule has 26 heavy (non-hydrogen) atoms. The Balaban J connectivity index is 1.35. The highest BCUT2D eigenvalue weighted by molar-refractivity contribution is 5.78. The van der Waals surface area contributed by atoms with E-state index in [4.69, 9.17) is 9.26 Å². The summed E-state index contributed by atoms with van der Waals surface area (Å²) in [5.74, 6) is 1.70. The van der Waals surface area contributed by atoms with E-state index in [0.29, 0.717) is 24.0 Å². The minimum Gasteiger partial charge on any atom is -0.484 e. The van der Waals surface area contributed by atoms with E-state index in [1.54, 1.807) is 19.1 Å². The van der Waals surface area contributed by atoms with Crippen LogP contribution in [0.2, 0.25) is 0 Å². The Morgan fingerprint density at radius 3 is 2.65 bits per heavy atom. The zero-order valence-corrected chi connectivity index (χ0v) is 14.5. The van der Waals surface area contributed by atoms with Crippen LogP contribution < -0.4 is 4.74 Å². The van der Waals surface area contributed by atoms with Crippen LogP contribution in [0.3, 0.4) is 0 Å². The second-order valence-corrected chi connectivity index (χ2v) is 6.28. The van der Waals surface area contributed by atoms with Gasteiger partial charge in [0.05, 0.1) is 0 Å². The van der Waals surface area contributed by atoms with Crippen LogP contribution in [0.15, 0.2) is 53.1 Å². The Labute approximate surface area is 151 Å². The zero-order valence-electron chi connectivity index (χ0n) is 14.5. The highest BCUT2D eigenvalue weighted by atomic mass is 16.5. The predicted octanol–water partition coefficient (Wildman–Crippen LogP) is 3.01. The summed E-state index contributed by atoms with van der Waals surface area (Å²) in [6, 6.07) is 15.6. The molecule has 4 rings (SSSR count). The van der Waals surface area contributed by atoms with Crippen LogP contribution in [0.5, 0.6) is 5.75 Å². The molecule has 0 atom stereocenters. The number of carbonyl (C=O) groups excluding carboxylic acids is 1. The summed E-state index contributed by atoms with van der Waals surface area (Å²) < 4.78 is 10.6. The predicted molar refractivity (Wildman–Crippen MR) is 95.5 cm³/mol. The van der Waals surface area contributed by atoms with Gasteiger partial charge in [-0.2, -0.15) is 4.98 Å². The summed E-state index contributed by atoms with van der Waals surface area (Å²) in [6.07, 6.45) is 0.890. The summed E-state index contributed by atoms with van der Waals surface area (Å²) in [7, 11) is 0. The third-order valence-electron chi connectivity index (χ3n) is 4.49. The van der Waals surface area contributed by atoms with E-state index in [1.165, 1.54) is 11.1 Å². The largest absolute Gasteiger partial charge is 0.484 e. The van der Waals surface area contributed by atoms with Gasteiger partial charge >= 0.3 is 0 Å². The first-order valence-corrected chi connectivity index (χ1v) is 8.57. The van der Waals surface area contributed by atoms with Gasteiger partial charge in [0, 0.05) is 25.6 Å². The van der Waals surface area contributed by atoms with Crippen LogP contribution >= 0.6 is 0 Å². The molecule has 6 nitrogen and oxygen atoms in total. The molecule has 0 saturated heterocycles. The van der Waals surface area contributed by atoms with E-state index in [0.717, 1.165) is 18.5 Å². The molecule has 1 amide bonds. The number of benzene rings is 2. The standard InChI is InChI=1S/C20H19N3O3/c1-14-21-20(22-26-14)16-6-8-18(9-7-16)25-13-19(24)23-11-10-15-4-2-3-5-17(15)12-23/h2-9H,10-13H2,1H3. The van der Waals surface area contributed by atoms with Gasteiger partial charge in [-0.3, -0.25) is 4.79 Å². The van der Waals surface area contributed by atoms with Crippen molar-refractivity contribution < 1.29 is 14.1 Å². The smallest absolute Gasteiger partial charge is 0.260 e. The molecule has 0 unspecified atom stereocenters. The number of fused-ring (bicyclic) bond motifs is 1. The molecule has 1 aliphatic rings. The fraction of sp³-hybridized carbons (Fsp3) is 0.250. The van der Waals surface area contributed by atoms with Gasteiger partial charge in [0.2, 0.25) is 11.7 Å². The summed E-state index contributed by atoms with van der Waals surface area (Å²) in [4.78, 5) is 18.5. The van der Waals surface area contributed by atoms with Crippen LogP contribution in [-0.2, 0) is 17.8 Å². The van der Waals surface area contributed by atoms with Crippen LogP contribution in [0.1, 0.15) is 17.0 Å². The SMILES string of the molecule is Cc1nc(-c2ccc(OCC(=O)N3CCc4ccccc4C3)cc2)no1. The fourth-order valence-corrected chi connectivity index (χ4v) is 3.06. The quantitative estimate of drug-likeness (QED) is 0.724. The summed E-state index contributed by atoms with van der Waals surface area (Å²) >= 11 is 0. The first-order chi connectivity index (χ1) is 12.7. The molecule has 0 radical (unpaired) electrons. The lowest BCUT2D eigenvalue weighted by molar-refractivity contribution is -0.134. The molecule has 0 spiro atoms. The van der Waals surface area contributed by atoms with Crippen molar-refractivity contribution in [2.75, 3.05) is 13.2 Å². The van der Waals surface area contributed by atoms with Gasteiger partial charge < -0.3 is 14.2 Å². The van der Waals surface area contributed by atoms with Crippen LogP contribution in [-0.4, -0.2) is 34.1 Å². The number of ether oxygens (including phenoxy) is 1. The normalized spacial score (nSPS) is 13.3. The summed E-state index contributed by atoms with van der Waals surface area (Å²) in [5.41, 5.74) is 3.38. The zero-order chi connectivity index (χ0) is 17.9. The van der Waals surface area contributed by atoms with E-state index in [1.807, 2.05) is 29.2 Å². The lowest BCUT2D eigenvalue weighted by atomic mass is 10.00. The maximum absolute atomic E-state index is 12.4. The molecule has 2 heterocycles. The molecule has 0 bridgehead atoms. The molecule has 2 aromatic carbocycles. The number of nitrogens with zero attached hydrogens (tertiary/aromatic N) is 3. The van der Waals surface area contributed by atoms with Gasteiger partial charge in [-0.1, -0.05) is 29.4 Å². The molecule has 0 saturated carbocycles. The lowest BCUT2D eigenvalue weighted by Crippen LogP contribution is -2.38. The third-order valence-corrected chi connectivity index (χ3v) is 4.49. The topological polar surface area (TPSA) is 68.5 Å². The highest BCUT2D eigenvalue weighted by Gasteiger charge is 2.20. The average molecular weight is 349 g/mol. The monoisotopic (exact) mass is 349 g/mol. The molecule has 1 aromatic heterocycles. The van der Waals surface area contributed by atoms with Crippen molar-refractivity contribution in [1.82, 2.24) is 15.0 Å². The maximum Gasteiger partial charge on any atom is 0.260 e. The van der Waals surface area contributed by atoms with Gasteiger partial charge in [0.25, 0.3) is 5.91 Å². The van der Waals surface area contributed by atoms with Crippen molar-refractivity contribution >= 4 is 5.91 Å². The molecular weight excluding hydrogens is 330 g/mol. The van der Waals surface area contributed by atoms with E-state index in [9.17, 15) is 4.79 Å². The van der Waals surface area contributed by atoms with E-state index in [2.05, 4.69) is 22.3 Å². The fourth-order valence-electron chi connectivity index (χ4n) is 3.06. The van der Waals surface area contributed by atoms with Gasteiger partial charge in [0.15, 0.2) is 6.61 Å². The lowest BCUT2D eigenvalue weighted by Gasteiger charge is -2.28. The Kier molecular flexibility index (Phi) is 4.39. The summed E-state index contributed by atoms with van der Waals surface area (Å²) in [5, 5.41) is 3.88. The van der Waals surface area contributed by atoms with E-state index in [-0.39, 0.29) is 12.5 Å². The van der Waals surface area contributed by atoms with Crippen molar-refractivity contribution in [1.29, 1.82) is 0 Å². The first-order valence-electron chi connectivity index (χ1n) is 8.57. The minimum atomic E-state index is -0.00243. The Morgan fingerprint density at radius 1 is 1.15 bits per heavy atom. The van der Waals surface area contributed by atoms with Crippen LogP contribution in [0.4, 0.5) is 0 Å². The Morgan fingerprint density at radius 2 is 1.92 bits per heavy atom. The Hall–Kier alpha value is -3.15. The number of rotatable bonds is 4. The van der Waals surface area contributed by atoms with Crippen molar-refractivity contribution in [3.05, 3.63) is 65.5 Å². The first kappa shape index (κ1) is 16.3. The third kappa shape index (κ3) is 3.44. The Bertz CT molecular complexity index is 918. The molecular formula is C20H19N3O3. The number of hydrogen-bond donors (Lipinski definition) is 0. The number of carbonyl (C=O) groups is 1. The van der Waals surface area contributed by atoms with Crippen LogP contribution in [0, 0.1) is 6.92 Å². The molecule has 1 aliphatic heterocycles. The molecule has 0 aliphatic carbocycles. The number of hydrogen-bond acceptors (Lipinski definition) is 5. The van der Waals surface area contributed by atoms with E-state index >= 15 is 0 Å². The van der Waals surface area contributed by atoms with Crippen molar-refractivity contribution in [3.63, 3.8) is 0 Å². The molecule has 3 aromatic rings. The second-order valence-electron chi connectivity index (χ2n) is 6.28. The minimum absolute atomic E-state index is 0.00243. The van der Waals surface area contributed by atoms with Crippen molar-refractivity contribution in [2.24, 2.45) is 0 Å². The summed E-state index contributed by atoms with van der Waals surface area (Å²) in [6.45, 7) is 3.16. The van der Waals surface area contributed by atoms with Gasteiger partial charge in [0.1, 0.15) is 5.75 Å². The van der Waals surface area contributed by atoms with E-state index < -0.39 is 0 Å². The molecule has 132 valence electrons. The second kappa shape index (κ2) is 7.00. The molecule has 0 fully saturated rings. The highest BCUT2D eigenvalue weighted by Crippen LogP contribution is 2.21. The molecule has 6 heteroatoms. The van der Waals surface area contributed by atoms with Gasteiger partial charge in [-0.15, -0.1) is 0 Å². The molecule has 0 N–H and O–H groups in total. The van der Waals surface area contributed by atoms with Gasteiger partial charge in [-0.25, -0.2) is 0 Å². The van der Waals surface area contributed by atoms with Crippen molar-refractivity contribution in [3.8, 4) is 17.1 Å². The number of amides is 1. The number of aromatic nitrogens is 2. The maximum atomic E-state index is 12.4.